The highest BCUT2D eigenvalue weighted by Crippen LogP contribution is 2.44. The number of carboxylic acid groups (broad SMARTS) is 1. The molecule has 7 heteroatoms. The van der Waals surface area contributed by atoms with Gasteiger partial charge in [-0.25, -0.2) is 4.79 Å². The molecule has 28 heavy (non-hydrogen) atoms. The quantitative estimate of drug-likeness (QED) is 0.660. The summed E-state index contributed by atoms with van der Waals surface area (Å²) < 4.78 is 5.38. The largest absolute Gasteiger partial charge is 0.478 e. The molecule has 1 aromatic heterocycles. The van der Waals surface area contributed by atoms with Crippen LogP contribution in [0.25, 0.3) is 0 Å². The third kappa shape index (κ3) is 3.74. The molecule has 0 spiro atoms. The van der Waals surface area contributed by atoms with Crippen LogP contribution in [0.5, 0.6) is 0 Å². The van der Waals surface area contributed by atoms with Crippen LogP contribution in [0.4, 0.5) is 10.7 Å². The first-order valence-corrected chi connectivity index (χ1v) is 10.6. The Morgan fingerprint density at radius 2 is 2.00 bits per heavy atom. The fourth-order valence-corrected chi connectivity index (χ4v) is 5.50. The number of benzene rings is 1. The number of aryl methyl sites for hydroxylation is 1. The van der Waals surface area contributed by atoms with Gasteiger partial charge in [-0.1, -0.05) is 19.1 Å². The van der Waals surface area contributed by atoms with Crippen molar-refractivity contribution in [3.05, 3.63) is 45.8 Å². The number of fused-ring (bicyclic) bond motifs is 1. The minimum atomic E-state index is -0.952. The number of aliphatic hydroxyl groups is 1. The Bertz CT molecular complexity index is 843. The minimum absolute atomic E-state index is 0.242. The summed E-state index contributed by atoms with van der Waals surface area (Å²) in [7, 11) is 0. The topological polar surface area (TPSA) is 82.0 Å². The van der Waals surface area contributed by atoms with Crippen LogP contribution < -0.4 is 10.2 Å². The Kier molecular flexibility index (Phi) is 5.57. The SMILES string of the molecule is CC1CCCc2sc(NC(O)c3ccc(N4CCOCC4)cc3)c(C(=O)O)c21. The van der Waals surface area contributed by atoms with Crippen LogP contribution in [0.1, 0.15) is 58.3 Å². The number of morpholine rings is 1. The van der Waals surface area contributed by atoms with Gasteiger partial charge in [0.2, 0.25) is 0 Å². The van der Waals surface area contributed by atoms with Crippen LogP contribution in [0, 0.1) is 0 Å². The van der Waals surface area contributed by atoms with E-state index < -0.39 is 12.2 Å². The molecule has 0 radical (unpaired) electrons. The van der Waals surface area contributed by atoms with Crippen LogP contribution in [-0.4, -0.2) is 42.5 Å². The first kappa shape index (κ1) is 19.2. The molecule has 2 unspecified atom stereocenters. The molecule has 1 aromatic carbocycles. The average Bonchev–Trinajstić information content (AvgIpc) is 3.08. The van der Waals surface area contributed by atoms with Crippen LogP contribution in [0.2, 0.25) is 0 Å². The summed E-state index contributed by atoms with van der Waals surface area (Å²) in [5, 5.41) is 24.0. The predicted octanol–water partition coefficient (Wildman–Crippen LogP) is 3.83. The molecule has 3 N–H and O–H groups in total. The highest BCUT2D eigenvalue weighted by molar-refractivity contribution is 7.16. The lowest BCUT2D eigenvalue weighted by Gasteiger charge is -2.29. The number of nitrogens with zero attached hydrogens (tertiary/aromatic N) is 1. The normalized spacial score (nSPS) is 20.5. The Labute approximate surface area is 168 Å². The molecule has 2 atom stereocenters. The van der Waals surface area contributed by atoms with Crippen molar-refractivity contribution in [3.63, 3.8) is 0 Å². The van der Waals surface area contributed by atoms with Crippen molar-refractivity contribution in [2.24, 2.45) is 0 Å². The maximum Gasteiger partial charge on any atom is 0.339 e. The summed E-state index contributed by atoms with van der Waals surface area (Å²) in [5.74, 6) is -0.685. The van der Waals surface area contributed by atoms with Crippen molar-refractivity contribution in [1.29, 1.82) is 0 Å². The maximum absolute atomic E-state index is 11.9. The van der Waals surface area contributed by atoms with Crippen LogP contribution in [0.15, 0.2) is 24.3 Å². The number of hydrogen-bond acceptors (Lipinski definition) is 6. The van der Waals surface area contributed by atoms with Gasteiger partial charge in [0.25, 0.3) is 0 Å². The van der Waals surface area contributed by atoms with Gasteiger partial charge in [-0.15, -0.1) is 11.3 Å². The maximum atomic E-state index is 11.9. The number of nitrogens with one attached hydrogen (secondary N) is 1. The second-order valence-corrected chi connectivity index (χ2v) is 8.58. The van der Waals surface area contributed by atoms with Crippen molar-refractivity contribution < 1.29 is 19.7 Å². The van der Waals surface area contributed by atoms with E-state index in [1.807, 2.05) is 24.3 Å². The molecule has 150 valence electrons. The van der Waals surface area contributed by atoms with Gasteiger partial charge in [0.05, 0.1) is 18.8 Å². The van der Waals surface area contributed by atoms with E-state index in [2.05, 4.69) is 17.1 Å². The van der Waals surface area contributed by atoms with Gasteiger partial charge in [-0.05, 0) is 42.9 Å². The predicted molar refractivity (Wildman–Crippen MR) is 111 cm³/mol. The zero-order chi connectivity index (χ0) is 19.7. The number of ether oxygens (including phenoxy) is 1. The zero-order valence-electron chi connectivity index (χ0n) is 16.0. The molecule has 6 nitrogen and oxygen atoms in total. The van der Waals surface area contributed by atoms with E-state index in [-0.39, 0.29) is 5.92 Å². The lowest BCUT2D eigenvalue weighted by Crippen LogP contribution is -2.36. The molecule has 2 heterocycles. The van der Waals surface area contributed by atoms with Gasteiger partial charge in [0.1, 0.15) is 5.00 Å². The van der Waals surface area contributed by atoms with Crippen LogP contribution >= 0.6 is 11.3 Å². The lowest BCUT2D eigenvalue weighted by molar-refractivity contribution is 0.0696. The second-order valence-electron chi connectivity index (χ2n) is 7.48. The molecule has 1 fully saturated rings. The smallest absolute Gasteiger partial charge is 0.339 e. The number of carbonyl (C=O) groups is 1. The molecule has 0 amide bonds. The fourth-order valence-electron chi connectivity index (χ4n) is 4.12. The molecular weight excluding hydrogens is 376 g/mol. The molecule has 1 aliphatic carbocycles. The standard InChI is InChI=1S/C21H26N2O4S/c1-13-3-2-4-16-17(13)18(21(25)26)20(28-16)22-19(24)14-5-7-15(8-6-14)23-9-11-27-12-10-23/h5-8,13,19,22,24H,2-4,9-12H2,1H3,(H,25,26). The second kappa shape index (κ2) is 8.11. The van der Waals surface area contributed by atoms with Gasteiger partial charge in [-0.2, -0.15) is 0 Å². The number of hydrogen-bond donors (Lipinski definition) is 3. The Balaban J connectivity index is 1.53. The summed E-state index contributed by atoms with van der Waals surface area (Å²) in [6.07, 6.45) is 2.05. The number of aliphatic hydroxyl groups excluding tert-OH is 1. The number of rotatable bonds is 5. The molecule has 0 saturated carbocycles. The Morgan fingerprint density at radius 3 is 2.68 bits per heavy atom. The van der Waals surface area contributed by atoms with E-state index in [1.54, 1.807) is 0 Å². The summed E-state index contributed by atoms with van der Waals surface area (Å²) in [6, 6.07) is 7.76. The van der Waals surface area contributed by atoms with Gasteiger partial charge >= 0.3 is 5.97 Å². The molecule has 1 aliphatic heterocycles. The zero-order valence-corrected chi connectivity index (χ0v) is 16.8. The third-order valence-corrected chi connectivity index (χ3v) is 6.82. The molecular formula is C21H26N2O4S. The lowest BCUT2D eigenvalue weighted by atomic mass is 9.86. The first-order chi connectivity index (χ1) is 13.5. The average molecular weight is 403 g/mol. The van der Waals surface area contributed by atoms with Crippen molar-refractivity contribution in [3.8, 4) is 0 Å². The van der Waals surface area contributed by atoms with E-state index in [4.69, 9.17) is 4.74 Å². The monoisotopic (exact) mass is 402 g/mol. The highest BCUT2D eigenvalue weighted by Gasteiger charge is 2.30. The van der Waals surface area contributed by atoms with Gasteiger partial charge in [0.15, 0.2) is 6.23 Å². The van der Waals surface area contributed by atoms with Crippen molar-refractivity contribution >= 4 is 28.0 Å². The van der Waals surface area contributed by atoms with Crippen molar-refractivity contribution in [2.45, 2.75) is 38.3 Å². The summed E-state index contributed by atoms with van der Waals surface area (Å²) in [6.45, 7) is 5.26. The number of anilines is 2. The molecule has 4 rings (SSSR count). The van der Waals surface area contributed by atoms with Crippen molar-refractivity contribution in [2.75, 3.05) is 36.5 Å². The van der Waals surface area contributed by atoms with E-state index in [9.17, 15) is 15.0 Å². The summed E-state index contributed by atoms with van der Waals surface area (Å²) in [4.78, 5) is 15.3. The number of carboxylic acids is 1. The third-order valence-electron chi connectivity index (χ3n) is 5.62. The van der Waals surface area contributed by atoms with E-state index >= 15 is 0 Å². The molecule has 2 aliphatic rings. The van der Waals surface area contributed by atoms with E-state index in [0.29, 0.717) is 16.1 Å². The summed E-state index contributed by atoms with van der Waals surface area (Å²) in [5.41, 5.74) is 3.09. The first-order valence-electron chi connectivity index (χ1n) is 9.80. The number of aromatic carboxylic acids is 1. The van der Waals surface area contributed by atoms with Crippen LogP contribution in [-0.2, 0) is 11.2 Å². The van der Waals surface area contributed by atoms with Gasteiger partial charge in [0, 0.05) is 29.2 Å². The minimum Gasteiger partial charge on any atom is -0.478 e. The Morgan fingerprint density at radius 1 is 1.29 bits per heavy atom. The summed E-state index contributed by atoms with van der Waals surface area (Å²) >= 11 is 1.47. The van der Waals surface area contributed by atoms with Gasteiger partial charge < -0.3 is 25.2 Å². The molecule has 1 saturated heterocycles. The number of thiophene rings is 1. The van der Waals surface area contributed by atoms with Crippen molar-refractivity contribution in [1.82, 2.24) is 0 Å². The molecule has 0 bridgehead atoms. The van der Waals surface area contributed by atoms with E-state index in [0.717, 1.165) is 61.7 Å². The van der Waals surface area contributed by atoms with Crippen LogP contribution in [0.3, 0.4) is 0 Å². The highest BCUT2D eigenvalue weighted by atomic mass is 32.1. The fraction of sp³-hybridized carbons (Fsp3) is 0.476. The van der Waals surface area contributed by atoms with E-state index in [1.165, 1.54) is 11.3 Å². The molecule has 2 aromatic rings. The van der Waals surface area contributed by atoms with Gasteiger partial charge in [-0.3, -0.25) is 0 Å². The Hall–Kier alpha value is -2.09.